The van der Waals surface area contributed by atoms with Gasteiger partial charge in [0.05, 0.1) is 24.9 Å². The molecule has 0 N–H and O–H groups in total. The Morgan fingerprint density at radius 2 is 2.07 bits per heavy atom. The van der Waals surface area contributed by atoms with Crippen LogP contribution in [0.4, 0.5) is 8.78 Å². The molecule has 1 rings (SSSR count). The third kappa shape index (κ3) is 4.01. The molecule has 0 radical (unpaired) electrons. The number of rotatable bonds is 5. The zero-order chi connectivity index (χ0) is 11.4. The van der Waals surface area contributed by atoms with E-state index >= 15 is 0 Å². The molecule has 1 fully saturated rings. The molecule has 15 heavy (non-hydrogen) atoms. The first-order valence-corrected chi connectivity index (χ1v) is 5.26. The molecule has 1 aliphatic heterocycles. The van der Waals surface area contributed by atoms with E-state index in [1.54, 1.807) is 0 Å². The maximum atomic E-state index is 12.1. The summed E-state index contributed by atoms with van der Waals surface area (Å²) in [7, 11) is 1.91. The number of nitrogens with zero attached hydrogens (tertiary/aromatic N) is 1. The highest BCUT2D eigenvalue weighted by Gasteiger charge is 2.34. The fourth-order valence-electron chi connectivity index (χ4n) is 1.79. The van der Waals surface area contributed by atoms with E-state index in [0.717, 1.165) is 6.54 Å². The van der Waals surface area contributed by atoms with Crippen LogP contribution in [0.2, 0.25) is 0 Å². The quantitative estimate of drug-likeness (QED) is 0.708. The second-order valence-corrected chi connectivity index (χ2v) is 4.15. The van der Waals surface area contributed by atoms with E-state index in [1.807, 2.05) is 25.8 Å². The fourth-order valence-corrected chi connectivity index (χ4v) is 1.79. The van der Waals surface area contributed by atoms with Crippen molar-refractivity contribution in [3.05, 3.63) is 0 Å². The van der Waals surface area contributed by atoms with Gasteiger partial charge in [0.25, 0.3) is 0 Å². The summed E-state index contributed by atoms with van der Waals surface area (Å²) in [5.41, 5.74) is 0. The van der Waals surface area contributed by atoms with Crippen LogP contribution in [-0.2, 0) is 9.47 Å². The molecule has 0 aromatic carbocycles. The van der Waals surface area contributed by atoms with Gasteiger partial charge in [-0.3, -0.25) is 4.90 Å². The highest BCUT2D eigenvalue weighted by atomic mass is 19.3. The van der Waals surface area contributed by atoms with Crippen LogP contribution in [0.15, 0.2) is 0 Å². The summed E-state index contributed by atoms with van der Waals surface area (Å²) >= 11 is 0. The highest BCUT2D eigenvalue weighted by molar-refractivity contribution is 4.86. The minimum absolute atomic E-state index is 0.0543. The number of halogens is 2. The van der Waals surface area contributed by atoms with Gasteiger partial charge in [-0.1, -0.05) is 0 Å². The van der Waals surface area contributed by atoms with Gasteiger partial charge in [0.1, 0.15) is 0 Å². The van der Waals surface area contributed by atoms with Gasteiger partial charge >= 0.3 is 6.61 Å². The first-order valence-electron chi connectivity index (χ1n) is 5.26. The summed E-state index contributed by atoms with van der Waals surface area (Å²) in [6.07, 6.45) is 0.354. The van der Waals surface area contributed by atoms with Crippen molar-refractivity contribution in [2.45, 2.75) is 45.1 Å². The van der Waals surface area contributed by atoms with Crippen LogP contribution >= 0.6 is 0 Å². The molecule has 0 amide bonds. The smallest absolute Gasteiger partial charge is 0.345 e. The lowest BCUT2D eigenvalue weighted by molar-refractivity contribution is -0.172. The normalized spacial score (nSPS) is 28.2. The molecule has 0 spiro atoms. The van der Waals surface area contributed by atoms with Gasteiger partial charge in [-0.25, -0.2) is 0 Å². The van der Waals surface area contributed by atoms with Crippen molar-refractivity contribution >= 4 is 0 Å². The van der Waals surface area contributed by atoms with E-state index in [9.17, 15) is 8.78 Å². The highest BCUT2D eigenvalue weighted by Crippen LogP contribution is 2.21. The molecular weight excluding hydrogens is 204 g/mol. The van der Waals surface area contributed by atoms with Crippen molar-refractivity contribution in [1.29, 1.82) is 0 Å². The Hall–Kier alpha value is -0.260. The summed E-state index contributed by atoms with van der Waals surface area (Å²) in [6.45, 7) is 2.40. The van der Waals surface area contributed by atoms with E-state index < -0.39 is 12.7 Å². The Balaban J connectivity index is 2.41. The number of likely N-dealkylation sites (tertiary alicyclic amines) is 1. The zero-order valence-corrected chi connectivity index (χ0v) is 9.45. The zero-order valence-electron chi connectivity index (χ0n) is 9.45. The summed E-state index contributed by atoms with van der Waals surface area (Å²) in [4.78, 5) is 2.01. The van der Waals surface area contributed by atoms with Crippen molar-refractivity contribution in [1.82, 2.24) is 4.90 Å². The Labute approximate surface area is 89.3 Å². The van der Waals surface area contributed by atoms with Gasteiger partial charge in [-0.2, -0.15) is 8.78 Å². The van der Waals surface area contributed by atoms with E-state index in [2.05, 4.69) is 4.74 Å². The van der Waals surface area contributed by atoms with E-state index in [0.29, 0.717) is 13.0 Å². The average molecular weight is 223 g/mol. The number of hydrogen-bond acceptors (Lipinski definition) is 3. The van der Waals surface area contributed by atoms with Gasteiger partial charge in [-0.15, -0.1) is 0 Å². The predicted octanol–water partition coefficient (Wildman–Crippen LogP) is 1.72. The fraction of sp³-hybridized carbons (Fsp3) is 1.00. The Bertz CT molecular complexity index is 190. The molecule has 1 saturated heterocycles. The summed E-state index contributed by atoms with van der Waals surface area (Å²) in [5, 5.41) is 0. The molecular formula is C10H19F2NO2. The van der Waals surface area contributed by atoms with Gasteiger partial charge in [0, 0.05) is 6.54 Å². The minimum Gasteiger partial charge on any atom is -0.377 e. The van der Waals surface area contributed by atoms with Gasteiger partial charge in [-0.05, 0) is 27.3 Å². The topological polar surface area (TPSA) is 21.7 Å². The molecule has 0 aromatic heterocycles. The van der Waals surface area contributed by atoms with Gasteiger partial charge < -0.3 is 9.47 Å². The monoisotopic (exact) mass is 223 g/mol. The summed E-state index contributed by atoms with van der Waals surface area (Å²) < 4.78 is 34.2. The van der Waals surface area contributed by atoms with E-state index in [4.69, 9.17) is 4.74 Å². The van der Waals surface area contributed by atoms with Crippen molar-refractivity contribution < 1.29 is 18.3 Å². The third-order valence-corrected chi connectivity index (χ3v) is 2.64. The van der Waals surface area contributed by atoms with E-state index in [1.165, 1.54) is 0 Å². The van der Waals surface area contributed by atoms with Crippen molar-refractivity contribution in [2.24, 2.45) is 0 Å². The molecule has 0 aromatic rings. The average Bonchev–Trinajstić information content (AvgIpc) is 2.43. The number of likely N-dealkylation sites (N-methyl/N-ethyl adjacent to an activating group) is 1. The molecule has 1 aliphatic rings. The Morgan fingerprint density at radius 1 is 1.40 bits per heavy atom. The molecule has 5 heteroatoms. The standard InChI is InChI=1S/C10H19F2NO2/c1-7(2)14-6-8-9(15-10(11)12)4-5-13(8)3/h7-10H,4-6H2,1-3H3/t8-,9+/m1/s1. The molecule has 0 bridgehead atoms. The summed E-state index contributed by atoms with van der Waals surface area (Å²) in [5.74, 6) is 0. The number of ether oxygens (including phenoxy) is 2. The van der Waals surface area contributed by atoms with Crippen LogP contribution < -0.4 is 0 Å². The van der Waals surface area contributed by atoms with Gasteiger partial charge in [0.15, 0.2) is 0 Å². The maximum Gasteiger partial charge on any atom is 0.345 e. The van der Waals surface area contributed by atoms with Crippen molar-refractivity contribution in [3.63, 3.8) is 0 Å². The number of hydrogen-bond donors (Lipinski definition) is 0. The Kier molecular flexibility index (Phi) is 4.89. The molecule has 0 saturated carbocycles. The minimum atomic E-state index is -2.69. The molecule has 3 nitrogen and oxygen atoms in total. The second-order valence-electron chi connectivity index (χ2n) is 4.15. The van der Waals surface area contributed by atoms with Crippen LogP contribution in [0.25, 0.3) is 0 Å². The largest absolute Gasteiger partial charge is 0.377 e. The van der Waals surface area contributed by atoms with Crippen LogP contribution in [0.1, 0.15) is 20.3 Å². The maximum absolute atomic E-state index is 12.1. The SMILES string of the molecule is CC(C)OC[C@@H]1[C@@H](OC(F)F)CCN1C. The lowest BCUT2D eigenvalue weighted by atomic mass is 10.2. The third-order valence-electron chi connectivity index (χ3n) is 2.64. The molecule has 0 aliphatic carbocycles. The van der Waals surface area contributed by atoms with Crippen LogP contribution in [-0.4, -0.2) is 50.0 Å². The van der Waals surface area contributed by atoms with Gasteiger partial charge in [0.2, 0.25) is 0 Å². The lowest BCUT2D eigenvalue weighted by Gasteiger charge is -2.25. The van der Waals surface area contributed by atoms with Crippen LogP contribution in [0.5, 0.6) is 0 Å². The Morgan fingerprint density at radius 3 is 2.60 bits per heavy atom. The molecule has 2 atom stereocenters. The van der Waals surface area contributed by atoms with E-state index in [-0.39, 0.29) is 12.1 Å². The van der Waals surface area contributed by atoms with Crippen LogP contribution in [0, 0.1) is 0 Å². The predicted molar refractivity (Wildman–Crippen MR) is 53.0 cm³/mol. The van der Waals surface area contributed by atoms with Crippen LogP contribution in [0.3, 0.4) is 0 Å². The molecule has 0 unspecified atom stereocenters. The summed E-state index contributed by atoms with van der Waals surface area (Å²) in [6, 6.07) is -0.0543. The number of alkyl halides is 2. The van der Waals surface area contributed by atoms with Crippen molar-refractivity contribution in [3.8, 4) is 0 Å². The lowest BCUT2D eigenvalue weighted by Crippen LogP contribution is -2.39. The first-order chi connectivity index (χ1) is 7.00. The van der Waals surface area contributed by atoms with Crippen molar-refractivity contribution in [2.75, 3.05) is 20.2 Å². The molecule has 90 valence electrons. The first kappa shape index (κ1) is 12.8. The second kappa shape index (κ2) is 5.72. The molecule has 1 heterocycles.